The van der Waals surface area contributed by atoms with E-state index in [1.807, 2.05) is 78.9 Å². The summed E-state index contributed by atoms with van der Waals surface area (Å²) in [7, 11) is 0. The lowest BCUT2D eigenvalue weighted by atomic mass is 9.87. The SMILES string of the molecule is CC(C)(C)OC(=O)C(Cc1ccc(-c2ccccc2)cc1)NC(=O)OC(=O)n1ccc2cc(Oc3ccc(C(C)(C)C)cc3)ccc21. The third-order valence-corrected chi connectivity index (χ3v) is 7.48. The average molecular weight is 633 g/mol. The molecular weight excluding hydrogens is 592 g/mol. The van der Waals surface area contributed by atoms with E-state index in [0.29, 0.717) is 17.0 Å². The van der Waals surface area contributed by atoms with E-state index in [9.17, 15) is 14.4 Å². The standard InChI is InChI=1S/C39H40N2O6/c1-38(2,3)30-16-18-31(19-17-30)45-32-20-21-34-29(25-32)22-23-41(34)37(44)46-36(43)40-33(35(42)47-39(4,5)6)24-26-12-14-28(15-13-26)27-10-8-7-9-11-27/h7-23,25,33H,24H2,1-6H3,(H,40,43). The minimum absolute atomic E-state index is 0.0393. The Morgan fingerprint density at radius 3 is 2.02 bits per heavy atom. The molecule has 0 radical (unpaired) electrons. The second-order valence-corrected chi connectivity index (χ2v) is 13.4. The summed E-state index contributed by atoms with van der Waals surface area (Å²) < 4.78 is 17.9. The van der Waals surface area contributed by atoms with Crippen molar-refractivity contribution in [2.45, 2.75) is 65.0 Å². The number of aromatic nitrogens is 1. The van der Waals surface area contributed by atoms with Crippen LogP contribution in [-0.4, -0.2) is 34.4 Å². The molecule has 5 aromatic rings. The molecule has 0 saturated heterocycles. The minimum Gasteiger partial charge on any atom is -0.458 e. The van der Waals surface area contributed by atoms with Gasteiger partial charge in [0.15, 0.2) is 0 Å². The van der Waals surface area contributed by atoms with Crippen LogP contribution in [0, 0.1) is 0 Å². The Bertz CT molecular complexity index is 1860. The first-order valence-electron chi connectivity index (χ1n) is 15.5. The predicted octanol–water partition coefficient (Wildman–Crippen LogP) is 9.05. The van der Waals surface area contributed by atoms with Crippen molar-refractivity contribution in [3.63, 3.8) is 0 Å². The maximum Gasteiger partial charge on any atom is 0.427 e. The van der Waals surface area contributed by atoms with Crippen molar-refractivity contribution in [2.75, 3.05) is 0 Å². The number of nitrogens with zero attached hydrogens (tertiary/aromatic N) is 1. The molecule has 8 heteroatoms. The van der Waals surface area contributed by atoms with E-state index in [2.05, 4.69) is 26.1 Å². The number of carbonyl (C=O) groups is 3. The Kier molecular flexibility index (Phi) is 9.51. The van der Waals surface area contributed by atoms with Crippen molar-refractivity contribution < 1.29 is 28.6 Å². The molecule has 1 atom stereocenters. The topological polar surface area (TPSA) is 95.9 Å². The van der Waals surface area contributed by atoms with E-state index in [0.717, 1.165) is 22.1 Å². The highest BCUT2D eigenvalue weighted by Crippen LogP contribution is 2.29. The zero-order valence-corrected chi connectivity index (χ0v) is 27.6. The van der Waals surface area contributed by atoms with Crippen molar-refractivity contribution in [1.82, 2.24) is 9.88 Å². The highest BCUT2D eigenvalue weighted by Gasteiger charge is 2.29. The molecule has 0 bridgehead atoms. The smallest absolute Gasteiger partial charge is 0.427 e. The predicted molar refractivity (Wildman–Crippen MR) is 183 cm³/mol. The van der Waals surface area contributed by atoms with Crippen molar-refractivity contribution in [1.29, 1.82) is 0 Å². The van der Waals surface area contributed by atoms with Gasteiger partial charge in [0.2, 0.25) is 0 Å². The fourth-order valence-electron chi connectivity index (χ4n) is 5.07. The first kappa shape index (κ1) is 33.0. The monoisotopic (exact) mass is 632 g/mol. The fourth-order valence-corrected chi connectivity index (χ4v) is 5.07. The molecule has 47 heavy (non-hydrogen) atoms. The minimum atomic E-state index is -1.09. The van der Waals surface area contributed by atoms with Crippen LogP contribution in [0.2, 0.25) is 0 Å². The van der Waals surface area contributed by atoms with E-state index in [1.54, 1.807) is 45.0 Å². The second kappa shape index (κ2) is 13.5. The molecule has 4 aromatic carbocycles. The summed E-state index contributed by atoms with van der Waals surface area (Å²) >= 11 is 0. The number of ether oxygens (including phenoxy) is 3. The van der Waals surface area contributed by atoms with Gasteiger partial charge >= 0.3 is 18.2 Å². The second-order valence-electron chi connectivity index (χ2n) is 13.4. The van der Waals surface area contributed by atoms with Gasteiger partial charge in [0.25, 0.3) is 0 Å². The third-order valence-electron chi connectivity index (χ3n) is 7.48. The normalized spacial score (nSPS) is 12.3. The maximum atomic E-state index is 13.1. The summed E-state index contributed by atoms with van der Waals surface area (Å²) in [6.07, 6.45) is -0.324. The molecule has 0 aliphatic carbocycles. The number of alkyl carbamates (subject to hydrolysis) is 1. The number of rotatable bonds is 7. The van der Waals surface area contributed by atoms with Crippen LogP contribution < -0.4 is 10.1 Å². The summed E-state index contributed by atoms with van der Waals surface area (Å²) in [4.78, 5) is 39.1. The van der Waals surface area contributed by atoms with Crippen LogP contribution in [0.1, 0.15) is 52.7 Å². The molecule has 8 nitrogen and oxygen atoms in total. The van der Waals surface area contributed by atoms with Gasteiger partial charge in [-0.25, -0.2) is 14.4 Å². The molecule has 1 amide bonds. The van der Waals surface area contributed by atoms with Gasteiger partial charge in [-0.05, 0) is 84.8 Å². The van der Waals surface area contributed by atoms with Gasteiger partial charge < -0.3 is 19.5 Å². The molecule has 0 aliphatic rings. The van der Waals surface area contributed by atoms with Gasteiger partial charge in [0.05, 0.1) is 5.52 Å². The van der Waals surface area contributed by atoms with Gasteiger partial charge in [-0.2, -0.15) is 0 Å². The molecule has 0 fully saturated rings. The summed E-state index contributed by atoms with van der Waals surface area (Å²) in [5.41, 5.74) is 3.87. The summed E-state index contributed by atoms with van der Waals surface area (Å²) in [6, 6.07) is 31.5. The van der Waals surface area contributed by atoms with Crippen LogP contribution in [0.4, 0.5) is 9.59 Å². The van der Waals surface area contributed by atoms with Crippen LogP contribution >= 0.6 is 0 Å². The Morgan fingerprint density at radius 1 is 0.745 bits per heavy atom. The Morgan fingerprint density at radius 2 is 1.38 bits per heavy atom. The number of carbonyl (C=O) groups excluding carboxylic acids is 3. The van der Waals surface area contributed by atoms with E-state index in [1.165, 1.54) is 16.3 Å². The summed E-state index contributed by atoms with van der Waals surface area (Å²) in [5, 5.41) is 3.25. The molecule has 1 unspecified atom stereocenters. The number of nitrogens with one attached hydrogen (secondary N) is 1. The number of hydrogen-bond donors (Lipinski definition) is 1. The van der Waals surface area contributed by atoms with E-state index in [4.69, 9.17) is 14.2 Å². The zero-order chi connectivity index (χ0) is 33.8. The molecule has 1 aromatic heterocycles. The molecule has 0 saturated carbocycles. The highest BCUT2D eigenvalue weighted by molar-refractivity contribution is 5.94. The number of hydrogen-bond acceptors (Lipinski definition) is 6. The molecule has 0 spiro atoms. The summed E-state index contributed by atoms with van der Waals surface area (Å²) in [5.74, 6) is 0.655. The average Bonchev–Trinajstić information content (AvgIpc) is 3.44. The van der Waals surface area contributed by atoms with Crippen LogP contribution in [0.5, 0.6) is 11.5 Å². The van der Waals surface area contributed by atoms with Crippen LogP contribution in [0.3, 0.4) is 0 Å². The van der Waals surface area contributed by atoms with Gasteiger partial charge in [0.1, 0.15) is 23.1 Å². The van der Waals surface area contributed by atoms with Gasteiger partial charge in [-0.15, -0.1) is 0 Å². The largest absolute Gasteiger partial charge is 0.458 e. The van der Waals surface area contributed by atoms with Crippen LogP contribution in [0.25, 0.3) is 22.0 Å². The summed E-state index contributed by atoms with van der Waals surface area (Å²) in [6.45, 7) is 11.7. The zero-order valence-electron chi connectivity index (χ0n) is 27.6. The lowest BCUT2D eigenvalue weighted by molar-refractivity contribution is -0.157. The van der Waals surface area contributed by atoms with Gasteiger partial charge in [-0.1, -0.05) is 87.5 Å². The van der Waals surface area contributed by atoms with Crippen molar-refractivity contribution in [3.8, 4) is 22.6 Å². The molecule has 5 rings (SSSR count). The van der Waals surface area contributed by atoms with Gasteiger partial charge in [0, 0.05) is 18.0 Å². The number of esters is 1. The van der Waals surface area contributed by atoms with E-state index < -0.39 is 29.8 Å². The third kappa shape index (κ3) is 8.67. The number of amides is 1. The van der Waals surface area contributed by atoms with Crippen molar-refractivity contribution in [2.24, 2.45) is 0 Å². The quantitative estimate of drug-likeness (QED) is 0.142. The lowest BCUT2D eigenvalue weighted by Gasteiger charge is -2.24. The Labute approximate surface area is 275 Å². The van der Waals surface area contributed by atoms with Crippen LogP contribution in [0.15, 0.2) is 109 Å². The highest BCUT2D eigenvalue weighted by atomic mass is 16.6. The Balaban J connectivity index is 1.25. The first-order valence-corrected chi connectivity index (χ1v) is 15.5. The number of fused-ring (bicyclic) bond motifs is 1. The molecule has 242 valence electrons. The molecule has 1 N–H and O–H groups in total. The maximum absolute atomic E-state index is 13.1. The fraction of sp³-hybridized carbons (Fsp3) is 0.256. The molecule has 0 aliphatic heterocycles. The van der Waals surface area contributed by atoms with E-state index >= 15 is 0 Å². The van der Waals surface area contributed by atoms with Crippen LogP contribution in [-0.2, 0) is 26.1 Å². The van der Waals surface area contributed by atoms with Crippen molar-refractivity contribution >= 4 is 29.1 Å². The Hall–Kier alpha value is -5.37. The first-order chi connectivity index (χ1) is 22.2. The van der Waals surface area contributed by atoms with Crippen molar-refractivity contribution in [3.05, 3.63) is 120 Å². The lowest BCUT2D eigenvalue weighted by Crippen LogP contribution is -2.46. The molecular formula is C39H40N2O6. The molecule has 1 heterocycles. The number of benzene rings is 4. The van der Waals surface area contributed by atoms with E-state index in [-0.39, 0.29) is 11.8 Å². The van der Waals surface area contributed by atoms with Gasteiger partial charge in [-0.3, -0.25) is 4.57 Å².